The molecule has 3 nitrogen and oxygen atoms in total. The highest BCUT2D eigenvalue weighted by molar-refractivity contribution is 9.10. The third-order valence-corrected chi connectivity index (χ3v) is 2.60. The molecule has 0 saturated carbocycles. The van der Waals surface area contributed by atoms with Crippen molar-refractivity contribution < 1.29 is 5.11 Å². The molecule has 0 bridgehead atoms. The molecule has 1 aromatic heterocycles. The summed E-state index contributed by atoms with van der Waals surface area (Å²) in [5, 5.41) is 9.50. The van der Waals surface area contributed by atoms with Gasteiger partial charge < -0.3 is 10.0 Å². The lowest BCUT2D eigenvalue weighted by molar-refractivity contribution is 0.302. The van der Waals surface area contributed by atoms with E-state index in [1.54, 1.807) is 18.3 Å². The van der Waals surface area contributed by atoms with Crippen LogP contribution in [0.5, 0.6) is 0 Å². The van der Waals surface area contributed by atoms with Gasteiger partial charge in [0.2, 0.25) is 0 Å². The summed E-state index contributed by atoms with van der Waals surface area (Å²) >= 11 is 9.18. The first-order valence-corrected chi connectivity index (χ1v) is 5.64. The van der Waals surface area contributed by atoms with Crippen molar-refractivity contribution in [2.75, 3.05) is 24.6 Å². The summed E-state index contributed by atoms with van der Waals surface area (Å²) in [6.45, 7) is 4.88. The van der Waals surface area contributed by atoms with Crippen LogP contribution in [0.3, 0.4) is 0 Å². The van der Waals surface area contributed by atoms with Gasteiger partial charge in [-0.1, -0.05) is 17.7 Å². The molecule has 1 aromatic rings. The van der Waals surface area contributed by atoms with Gasteiger partial charge in [-0.25, -0.2) is 4.98 Å². The van der Waals surface area contributed by atoms with Gasteiger partial charge in [-0.3, -0.25) is 0 Å². The molecule has 0 aliphatic rings. The van der Waals surface area contributed by atoms with Crippen LogP contribution in [0.1, 0.15) is 0 Å². The number of pyridine rings is 1. The lowest BCUT2D eigenvalue weighted by Crippen LogP contribution is -2.27. The minimum absolute atomic E-state index is 0.0740. The van der Waals surface area contributed by atoms with E-state index in [1.807, 2.05) is 4.90 Å². The van der Waals surface area contributed by atoms with E-state index in [0.717, 1.165) is 10.3 Å². The highest BCUT2D eigenvalue weighted by atomic mass is 79.9. The zero-order valence-electron chi connectivity index (χ0n) is 8.16. The maximum atomic E-state index is 8.92. The second-order valence-electron chi connectivity index (χ2n) is 2.92. The topological polar surface area (TPSA) is 36.4 Å². The van der Waals surface area contributed by atoms with Gasteiger partial charge in [-0.15, -0.1) is 6.58 Å². The van der Waals surface area contributed by atoms with Crippen LogP contribution in [0, 0.1) is 0 Å². The minimum atomic E-state index is 0.0740. The third kappa shape index (κ3) is 3.48. The molecule has 0 radical (unpaired) electrons. The lowest BCUT2D eigenvalue weighted by Gasteiger charge is -2.22. The van der Waals surface area contributed by atoms with E-state index in [4.69, 9.17) is 16.7 Å². The average Bonchev–Trinajstić information content (AvgIpc) is 2.17. The van der Waals surface area contributed by atoms with Gasteiger partial charge in [0.1, 0.15) is 5.82 Å². The molecule has 82 valence electrons. The van der Waals surface area contributed by atoms with Crippen molar-refractivity contribution in [2.45, 2.75) is 0 Å². The Kier molecular flexibility index (Phi) is 5.08. The summed E-state index contributed by atoms with van der Waals surface area (Å²) < 4.78 is 0.810. The maximum Gasteiger partial charge on any atom is 0.143 e. The normalized spacial score (nSPS) is 10.1. The van der Waals surface area contributed by atoms with E-state index in [1.165, 1.54) is 0 Å². The number of aromatic nitrogens is 1. The predicted octanol–water partition coefficient (Wildman–Crippen LogP) is 2.48. The van der Waals surface area contributed by atoms with Crippen LogP contribution < -0.4 is 4.90 Å². The van der Waals surface area contributed by atoms with Crippen molar-refractivity contribution in [3.8, 4) is 0 Å². The number of aliphatic hydroxyl groups is 1. The molecule has 0 aliphatic carbocycles. The number of aliphatic hydroxyl groups excluding tert-OH is 1. The second kappa shape index (κ2) is 6.10. The van der Waals surface area contributed by atoms with Gasteiger partial charge in [-0.2, -0.15) is 0 Å². The maximum absolute atomic E-state index is 8.92. The van der Waals surface area contributed by atoms with Crippen LogP contribution in [0.25, 0.3) is 0 Å². The van der Waals surface area contributed by atoms with Gasteiger partial charge in [-0.05, 0) is 22.0 Å². The molecule has 0 amide bonds. The number of hydrogen-bond donors (Lipinski definition) is 1. The van der Waals surface area contributed by atoms with E-state index in [-0.39, 0.29) is 6.61 Å². The molecule has 0 aliphatic heterocycles. The van der Waals surface area contributed by atoms with Crippen molar-refractivity contribution in [3.63, 3.8) is 0 Å². The van der Waals surface area contributed by atoms with Gasteiger partial charge in [0.25, 0.3) is 0 Å². The monoisotopic (exact) mass is 290 g/mol. The molecule has 0 aromatic carbocycles. The van der Waals surface area contributed by atoms with Crippen LogP contribution in [0.2, 0.25) is 5.02 Å². The summed E-state index contributed by atoms with van der Waals surface area (Å²) in [7, 11) is 0. The highest BCUT2D eigenvalue weighted by Crippen LogP contribution is 2.26. The Balaban J connectivity index is 2.94. The smallest absolute Gasteiger partial charge is 0.143 e. The average molecular weight is 292 g/mol. The molecule has 0 saturated heterocycles. The quantitative estimate of drug-likeness (QED) is 0.847. The van der Waals surface area contributed by atoms with E-state index in [2.05, 4.69) is 27.5 Å². The van der Waals surface area contributed by atoms with Crippen LogP contribution in [0.4, 0.5) is 5.82 Å². The van der Waals surface area contributed by atoms with Crippen molar-refractivity contribution in [1.29, 1.82) is 0 Å². The number of rotatable bonds is 5. The van der Waals surface area contributed by atoms with Crippen LogP contribution >= 0.6 is 27.5 Å². The number of hydrogen-bond acceptors (Lipinski definition) is 3. The molecule has 0 spiro atoms. The van der Waals surface area contributed by atoms with Crippen LogP contribution in [-0.2, 0) is 0 Å². The Morgan fingerprint density at radius 3 is 2.93 bits per heavy atom. The van der Waals surface area contributed by atoms with Crippen LogP contribution in [0.15, 0.2) is 29.4 Å². The van der Waals surface area contributed by atoms with Crippen molar-refractivity contribution in [2.24, 2.45) is 0 Å². The number of halogens is 2. The Labute approximate surface area is 103 Å². The lowest BCUT2D eigenvalue weighted by atomic mass is 10.4. The first-order valence-electron chi connectivity index (χ1n) is 4.46. The molecular weight excluding hydrogens is 279 g/mol. The molecule has 15 heavy (non-hydrogen) atoms. The first kappa shape index (κ1) is 12.5. The predicted molar refractivity (Wildman–Crippen MR) is 66.4 cm³/mol. The SMILES string of the molecule is C=CCN(CCO)c1ncc(Cl)cc1Br. The fraction of sp³-hybridized carbons (Fsp3) is 0.300. The van der Waals surface area contributed by atoms with Crippen molar-refractivity contribution in [1.82, 2.24) is 4.98 Å². The highest BCUT2D eigenvalue weighted by Gasteiger charge is 2.09. The fourth-order valence-corrected chi connectivity index (χ4v) is 2.09. The number of anilines is 1. The Morgan fingerprint density at radius 1 is 1.67 bits per heavy atom. The van der Waals surface area contributed by atoms with E-state index in [0.29, 0.717) is 18.1 Å². The summed E-state index contributed by atoms with van der Waals surface area (Å²) in [5.74, 6) is 0.758. The van der Waals surface area contributed by atoms with E-state index < -0.39 is 0 Å². The summed E-state index contributed by atoms with van der Waals surface area (Å²) in [6, 6.07) is 1.78. The summed E-state index contributed by atoms with van der Waals surface area (Å²) in [6.07, 6.45) is 3.34. The van der Waals surface area contributed by atoms with Gasteiger partial charge in [0.15, 0.2) is 0 Å². The molecule has 1 rings (SSSR count). The standard InChI is InChI=1S/C10H12BrClN2O/c1-2-3-14(4-5-15)10-9(11)6-8(12)7-13-10/h2,6-7,15H,1,3-5H2. The molecule has 1 heterocycles. The van der Waals surface area contributed by atoms with E-state index in [9.17, 15) is 0 Å². The molecule has 0 atom stereocenters. The van der Waals surface area contributed by atoms with Crippen molar-refractivity contribution in [3.05, 3.63) is 34.4 Å². The van der Waals surface area contributed by atoms with Crippen LogP contribution in [-0.4, -0.2) is 29.8 Å². The molecular formula is C10H12BrClN2O. The zero-order chi connectivity index (χ0) is 11.3. The summed E-state index contributed by atoms with van der Waals surface area (Å²) in [4.78, 5) is 6.11. The van der Waals surface area contributed by atoms with E-state index >= 15 is 0 Å². The molecule has 0 fully saturated rings. The fourth-order valence-electron chi connectivity index (χ4n) is 1.20. The molecule has 1 N–H and O–H groups in total. The van der Waals surface area contributed by atoms with Gasteiger partial charge in [0, 0.05) is 19.3 Å². The Hall–Kier alpha value is -0.580. The largest absolute Gasteiger partial charge is 0.395 e. The Morgan fingerprint density at radius 2 is 2.40 bits per heavy atom. The second-order valence-corrected chi connectivity index (χ2v) is 4.21. The number of nitrogens with zero attached hydrogens (tertiary/aromatic N) is 2. The molecule has 0 unspecified atom stereocenters. The minimum Gasteiger partial charge on any atom is -0.395 e. The molecule has 5 heteroatoms. The third-order valence-electron chi connectivity index (χ3n) is 1.81. The first-order chi connectivity index (χ1) is 7.19. The summed E-state index contributed by atoms with van der Waals surface area (Å²) in [5.41, 5.74) is 0. The van der Waals surface area contributed by atoms with Gasteiger partial charge >= 0.3 is 0 Å². The Bertz CT molecular complexity index is 346. The zero-order valence-corrected chi connectivity index (χ0v) is 10.5. The van der Waals surface area contributed by atoms with Crippen molar-refractivity contribution >= 4 is 33.3 Å². The van der Waals surface area contributed by atoms with Gasteiger partial charge in [0.05, 0.1) is 16.1 Å².